The summed E-state index contributed by atoms with van der Waals surface area (Å²) in [6.07, 6.45) is -8.82. The molecule has 0 aliphatic carbocycles. The van der Waals surface area contributed by atoms with Gasteiger partial charge in [-0.1, -0.05) is 0 Å². The van der Waals surface area contributed by atoms with Crippen LogP contribution in [-0.2, 0) is 27.7 Å². The number of carbonyl (C=O) groups is 1. The Hall–Kier alpha value is -1.95. The highest BCUT2D eigenvalue weighted by Gasteiger charge is 2.44. The van der Waals surface area contributed by atoms with Crippen molar-refractivity contribution in [2.45, 2.75) is 62.1 Å². The number of nitrogens with one attached hydrogen (secondary N) is 2. The summed E-state index contributed by atoms with van der Waals surface area (Å²) in [4.78, 5) is 66.0. The molecule has 0 saturated carbocycles. The van der Waals surface area contributed by atoms with Gasteiger partial charge in [0.15, 0.2) is 12.5 Å². The highest BCUT2D eigenvalue weighted by atomic mass is 31.3. The van der Waals surface area contributed by atoms with Gasteiger partial charge in [0.25, 0.3) is 5.56 Å². The number of aliphatic hydroxyl groups is 7. The first kappa shape index (κ1) is 37.1. The minimum atomic E-state index is -5.05. The first-order valence-electron chi connectivity index (χ1n) is 11.1. The second-order valence-electron chi connectivity index (χ2n) is 8.26. The average molecular weight is 643 g/mol. The summed E-state index contributed by atoms with van der Waals surface area (Å²) in [7, 11) is -10.1. The fourth-order valence-corrected chi connectivity index (χ4v) is 4.47. The molecule has 0 bridgehead atoms. The lowest BCUT2D eigenvalue weighted by atomic mass is 9.97. The molecule has 24 heteroatoms. The number of H-pyrrole nitrogens is 1. The van der Waals surface area contributed by atoms with Crippen molar-refractivity contribution in [3.63, 3.8) is 0 Å². The van der Waals surface area contributed by atoms with Crippen molar-refractivity contribution in [2.24, 2.45) is 0 Å². The number of hydrogen-bond donors (Lipinski definition) is 13. The SMILES string of the molecule is CC(=O)N[C@@H]1[C@@H](O)[C@H](O)[C@@H](CO)O[C@H]1O.O=P(O)(O)OP(=O)(O)O.O=c1ccn([C@@H]2O[C@H](CO)[C@@H](O)[C@H]2O)c(=O)[nH]1. The molecule has 238 valence electrons. The van der Waals surface area contributed by atoms with Crippen LogP contribution in [0.15, 0.2) is 21.9 Å². The van der Waals surface area contributed by atoms with E-state index in [2.05, 4.69) is 9.63 Å². The summed E-state index contributed by atoms with van der Waals surface area (Å²) in [5.74, 6) is -0.462. The molecule has 9 atom stereocenters. The second kappa shape index (κ2) is 15.5. The molecule has 2 aliphatic heterocycles. The number of aliphatic hydroxyl groups excluding tert-OH is 7. The Bertz CT molecular complexity index is 1180. The van der Waals surface area contributed by atoms with Crippen molar-refractivity contribution in [3.8, 4) is 0 Å². The minimum absolute atomic E-state index is 0.462. The highest BCUT2D eigenvalue weighted by molar-refractivity contribution is 7.60. The van der Waals surface area contributed by atoms with Crippen LogP contribution in [0.3, 0.4) is 0 Å². The molecular weight excluding hydrogens is 612 g/mol. The summed E-state index contributed by atoms with van der Waals surface area (Å²) < 4.78 is 33.1. The van der Waals surface area contributed by atoms with Gasteiger partial charge in [0.2, 0.25) is 5.91 Å². The smallest absolute Gasteiger partial charge is 0.394 e. The molecule has 3 rings (SSSR count). The average Bonchev–Trinajstić information content (AvgIpc) is 3.11. The van der Waals surface area contributed by atoms with Crippen LogP contribution in [0.5, 0.6) is 0 Å². The molecule has 3 heterocycles. The number of aromatic amines is 1. The van der Waals surface area contributed by atoms with Crippen LogP contribution < -0.4 is 16.6 Å². The van der Waals surface area contributed by atoms with E-state index in [0.717, 1.165) is 16.8 Å². The van der Waals surface area contributed by atoms with E-state index >= 15 is 0 Å². The number of ether oxygens (including phenoxy) is 2. The number of aromatic nitrogens is 2. The molecule has 2 saturated heterocycles. The molecule has 0 spiro atoms. The highest BCUT2D eigenvalue weighted by Crippen LogP contribution is 2.53. The van der Waals surface area contributed by atoms with Crippen LogP contribution in [-0.4, -0.2) is 133 Å². The zero-order valence-corrected chi connectivity index (χ0v) is 22.6. The molecule has 41 heavy (non-hydrogen) atoms. The molecule has 2 aliphatic rings. The lowest BCUT2D eigenvalue weighted by Crippen LogP contribution is -2.63. The number of rotatable bonds is 6. The third kappa shape index (κ3) is 11.7. The van der Waals surface area contributed by atoms with E-state index in [9.17, 15) is 49.0 Å². The number of carbonyl (C=O) groups excluding carboxylic acids is 1. The number of amides is 1. The summed E-state index contributed by atoms with van der Waals surface area (Å²) >= 11 is 0. The number of phosphoric acid groups is 2. The van der Waals surface area contributed by atoms with Crippen LogP contribution >= 0.6 is 15.6 Å². The van der Waals surface area contributed by atoms with Crippen LogP contribution in [0.1, 0.15) is 13.2 Å². The zero-order valence-electron chi connectivity index (χ0n) is 20.8. The minimum Gasteiger partial charge on any atom is -0.394 e. The normalized spacial score (nSPS) is 31.8. The van der Waals surface area contributed by atoms with Gasteiger partial charge < -0.3 is 70.1 Å². The molecule has 13 N–H and O–H groups in total. The lowest BCUT2D eigenvalue weighted by Gasteiger charge is -2.40. The summed E-state index contributed by atoms with van der Waals surface area (Å²) in [6.45, 7) is 0.207. The van der Waals surface area contributed by atoms with Gasteiger partial charge >= 0.3 is 21.3 Å². The topological polar surface area (TPSA) is 368 Å². The Kier molecular flexibility index (Phi) is 14.0. The van der Waals surface area contributed by atoms with Gasteiger partial charge in [-0.05, 0) is 0 Å². The summed E-state index contributed by atoms with van der Waals surface area (Å²) in [6, 6.07) is -0.00356. The van der Waals surface area contributed by atoms with E-state index < -0.39 is 101 Å². The van der Waals surface area contributed by atoms with Crippen molar-refractivity contribution in [2.75, 3.05) is 13.2 Å². The van der Waals surface area contributed by atoms with Crippen LogP contribution in [0.25, 0.3) is 0 Å². The second-order valence-corrected chi connectivity index (χ2v) is 10.9. The Morgan fingerprint density at radius 2 is 1.41 bits per heavy atom. The molecule has 2 fully saturated rings. The van der Waals surface area contributed by atoms with Gasteiger partial charge in [0.05, 0.1) is 13.2 Å². The quantitative estimate of drug-likeness (QED) is 0.128. The summed E-state index contributed by atoms with van der Waals surface area (Å²) in [5.41, 5.74) is -1.33. The van der Waals surface area contributed by atoms with E-state index in [-0.39, 0.29) is 0 Å². The largest absolute Gasteiger partial charge is 0.478 e. The van der Waals surface area contributed by atoms with Gasteiger partial charge in [-0.2, -0.15) is 4.31 Å². The molecular formula is C17H31N3O19P2. The molecule has 1 aromatic rings. The number of nitrogens with zero attached hydrogens (tertiary/aromatic N) is 1. The molecule has 0 unspecified atom stereocenters. The maximum atomic E-state index is 11.4. The van der Waals surface area contributed by atoms with E-state index in [1.807, 2.05) is 4.98 Å². The Balaban J connectivity index is 0.000000323. The van der Waals surface area contributed by atoms with Crippen LogP contribution in [0.4, 0.5) is 0 Å². The van der Waals surface area contributed by atoms with Crippen molar-refractivity contribution in [3.05, 3.63) is 33.1 Å². The predicted molar refractivity (Wildman–Crippen MR) is 127 cm³/mol. The third-order valence-corrected chi connectivity index (χ3v) is 6.83. The van der Waals surface area contributed by atoms with Gasteiger partial charge in [0, 0.05) is 19.2 Å². The first-order valence-corrected chi connectivity index (χ1v) is 14.1. The fourth-order valence-electron chi connectivity index (χ4n) is 3.36. The van der Waals surface area contributed by atoms with E-state index in [1.165, 1.54) is 6.92 Å². The van der Waals surface area contributed by atoms with Crippen molar-refractivity contribution in [1.29, 1.82) is 0 Å². The van der Waals surface area contributed by atoms with Crippen LogP contribution in [0, 0.1) is 0 Å². The van der Waals surface area contributed by atoms with Crippen molar-refractivity contribution < 1.29 is 83.0 Å². The fraction of sp³-hybridized carbons (Fsp3) is 0.706. The van der Waals surface area contributed by atoms with Gasteiger partial charge in [-0.25, -0.2) is 13.9 Å². The molecule has 22 nitrogen and oxygen atoms in total. The zero-order chi connectivity index (χ0) is 31.9. The van der Waals surface area contributed by atoms with Gasteiger partial charge in [0.1, 0.15) is 42.7 Å². The van der Waals surface area contributed by atoms with Crippen LogP contribution in [0.2, 0.25) is 0 Å². The first-order chi connectivity index (χ1) is 18.7. The Labute approximate surface area is 228 Å². The summed E-state index contributed by atoms with van der Waals surface area (Å²) in [5, 5.41) is 67.5. The van der Waals surface area contributed by atoms with Crippen molar-refractivity contribution in [1.82, 2.24) is 14.9 Å². The maximum absolute atomic E-state index is 11.4. The van der Waals surface area contributed by atoms with Gasteiger partial charge in [-0.3, -0.25) is 19.1 Å². The van der Waals surface area contributed by atoms with E-state index in [1.54, 1.807) is 0 Å². The molecule has 0 radical (unpaired) electrons. The monoisotopic (exact) mass is 643 g/mol. The Morgan fingerprint density at radius 1 is 0.927 bits per heavy atom. The van der Waals surface area contributed by atoms with Gasteiger partial charge in [-0.15, -0.1) is 0 Å². The lowest BCUT2D eigenvalue weighted by molar-refractivity contribution is -0.253. The predicted octanol–water partition coefficient (Wildman–Crippen LogP) is -6.74. The number of hydrogen-bond acceptors (Lipinski definition) is 15. The maximum Gasteiger partial charge on any atom is 0.478 e. The third-order valence-electron chi connectivity index (χ3n) is 5.13. The standard InChI is InChI=1S/C9H12N2O6.C8H15NO6.H4O7P2/c12-3-4-6(14)7(15)8(17-4)11-2-1-5(13)10-9(11)16;1-3(11)9-5-7(13)6(12)4(2-10)15-8(5)14;1-8(2,3)7-9(4,5)6/h1-2,4,6-8,12,14-15H,3H2,(H,10,13,16);4-8,10,12-14H,2H2,1H3,(H,9,11);(H2,1,2,3)(H2,4,5,6)/t4-,6-,7-,8-;4-,5-,6-,7-,8-;/m11./s1. The Morgan fingerprint density at radius 3 is 1.80 bits per heavy atom. The van der Waals surface area contributed by atoms with Crippen molar-refractivity contribution >= 4 is 21.6 Å². The molecule has 0 aromatic carbocycles. The molecule has 1 amide bonds. The molecule has 1 aromatic heterocycles. The van der Waals surface area contributed by atoms with E-state index in [4.69, 9.17) is 39.3 Å². The van der Waals surface area contributed by atoms with E-state index in [0.29, 0.717) is 0 Å².